The average molecular weight is 356 g/mol. The van der Waals surface area contributed by atoms with Crippen LogP contribution in [0.4, 0.5) is 11.5 Å². The van der Waals surface area contributed by atoms with Crippen LogP contribution in [-0.4, -0.2) is 28.5 Å². The predicted octanol–water partition coefficient (Wildman–Crippen LogP) is 4.24. The zero-order valence-electron chi connectivity index (χ0n) is 16.0. The summed E-state index contributed by atoms with van der Waals surface area (Å²) in [7, 11) is 0. The fourth-order valence-corrected chi connectivity index (χ4v) is 2.45. The number of amides is 1. The Labute approximate surface area is 155 Å². The van der Waals surface area contributed by atoms with Crippen molar-refractivity contribution in [2.24, 2.45) is 0 Å². The SMILES string of the molecule is CCCCCNC(=O)c1cc(Nc2ccc(OC(C)C)cc2)nc(C)n1. The number of ether oxygens (including phenoxy) is 1. The molecule has 0 bridgehead atoms. The van der Waals surface area contributed by atoms with E-state index in [4.69, 9.17) is 4.74 Å². The lowest BCUT2D eigenvalue weighted by Crippen LogP contribution is -2.25. The van der Waals surface area contributed by atoms with Crippen LogP contribution in [0.1, 0.15) is 56.3 Å². The van der Waals surface area contributed by atoms with Crippen molar-refractivity contribution in [3.05, 3.63) is 41.9 Å². The summed E-state index contributed by atoms with van der Waals surface area (Å²) in [5.41, 5.74) is 1.24. The molecule has 0 aliphatic rings. The number of hydrogen-bond donors (Lipinski definition) is 2. The number of carbonyl (C=O) groups is 1. The second-order valence-corrected chi connectivity index (χ2v) is 6.46. The van der Waals surface area contributed by atoms with E-state index in [2.05, 4.69) is 27.5 Å². The quantitative estimate of drug-likeness (QED) is 0.657. The molecule has 1 aromatic heterocycles. The van der Waals surface area contributed by atoms with Gasteiger partial charge in [0.25, 0.3) is 5.91 Å². The Bertz CT molecular complexity index is 714. The van der Waals surface area contributed by atoms with Crippen molar-refractivity contribution in [2.45, 2.75) is 53.1 Å². The second kappa shape index (κ2) is 9.75. The normalized spacial score (nSPS) is 10.7. The molecule has 0 aliphatic heterocycles. The van der Waals surface area contributed by atoms with E-state index in [0.29, 0.717) is 23.9 Å². The smallest absolute Gasteiger partial charge is 0.270 e. The third-order valence-electron chi connectivity index (χ3n) is 3.63. The van der Waals surface area contributed by atoms with Gasteiger partial charge in [-0.15, -0.1) is 0 Å². The zero-order chi connectivity index (χ0) is 18.9. The molecule has 1 amide bonds. The van der Waals surface area contributed by atoms with Gasteiger partial charge in [-0.25, -0.2) is 9.97 Å². The largest absolute Gasteiger partial charge is 0.491 e. The predicted molar refractivity (Wildman–Crippen MR) is 104 cm³/mol. The summed E-state index contributed by atoms with van der Waals surface area (Å²) in [6, 6.07) is 9.30. The van der Waals surface area contributed by atoms with Crippen LogP contribution in [0, 0.1) is 6.92 Å². The highest BCUT2D eigenvalue weighted by molar-refractivity contribution is 5.93. The maximum Gasteiger partial charge on any atom is 0.270 e. The molecule has 0 radical (unpaired) electrons. The Hall–Kier alpha value is -2.63. The summed E-state index contributed by atoms with van der Waals surface area (Å²) in [5.74, 6) is 1.79. The maximum atomic E-state index is 12.3. The number of anilines is 2. The van der Waals surface area contributed by atoms with Crippen molar-refractivity contribution < 1.29 is 9.53 Å². The van der Waals surface area contributed by atoms with E-state index in [1.807, 2.05) is 38.1 Å². The first-order valence-corrected chi connectivity index (χ1v) is 9.15. The number of rotatable bonds is 9. The molecule has 6 heteroatoms. The number of unbranched alkanes of at least 4 members (excludes halogenated alkanes) is 2. The van der Waals surface area contributed by atoms with Crippen LogP contribution in [0.3, 0.4) is 0 Å². The Kier molecular flexibility index (Phi) is 7.38. The summed E-state index contributed by atoms with van der Waals surface area (Å²) in [6.45, 7) is 8.55. The molecular formula is C20H28N4O2. The van der Waals surface area contributed by atoms with Crippen molar-refractivity contribution in [1.82, 2.24) is 15.3 Å². The highest BCUT2D eigenvalue weighted by atomic mass is 16.5. The third-order valence-corrected chi connectivity index (χ3v) is 3.63. The van der Waals surface area contributed by atoms with E-state index in [1.54, 1.807) is 13.0 Å². The standard InChI is InChI=1S/C20H28N4O2/c1-5-6-7-12-21-20(25)18-13-19(23-15(4)22-18)24-16-8-10-17(11-9-16)26-14(2)3/h8-11,13-14H,5-7,12H2,1-4H3,(H,21,25)(H,22,23,24). The molecule has 1 heterocycles. The molecule has 0 fully saturated rings. The van der Waals surface area contributed by atoms with Crippen LogP contribution in [-0.2, 0) is 0 Å². The molecule has 0 unspecified atom stereocenters. The van der Waals surface area contributed by atoms with E-state index < -0.39 is 0 Å². The molecule has 0 aliphatic carbocycles. The lowest BCUT2D eigenvalue weighted by atomic mass is 10.2. The molecule has 2 N–H and O–H groups in total. The van der Waals surface area contributed by atoms with Crippen LogP contribution in [0.15, 0.2) is 30.3 Å². The number of aromatic nitrogens is 2. The number of carbonyl (C=O) groups excluding carboxylic acids is 1. The van der Waals surface area contributed by atoms with Gasteiger partial charge in [-0.1, -0.05) is 19.8 Å². The number of aryl methyl sites for hydroxylation is 1. The van der Waals surface area contributed by atoms with E-state index in [9.17, 15) is 4.79 Å². The third kappa shape index (κ3) is 6.35. The number of nitrogens with one attached hydrogen (secondary N) is 2. The fourth-order valence-electron chi connectivity index (χ4n) is 2.45. The minimum atomic E-state index is -0.171. The Morgan fingerprint density at radius 2 is 1.88 bits per heavy atom. The molecule has 2 rings (SSSR count). The van der Waals surface area contributed by atoms with Gasteiger partial charge < -0.3 is 15.4 Å². The summed E-state index contributed by atoms with van der Waals surface area (Å²) >= 11 is 0. The molecule has 0 saturated heterocycles. The van der Waals surface area contributed by atoms with Crippen LogP contribution in [0.5, 0.6) is 5.75 Å². The second-order valence-electron chi connectivity index (χ2n) is 6.46. The van der Waals surface area contributed by atoms with Crippen molar-refractivity contribution in [1.29, 1.82) is 0 Å². The van der Waals surface area contributed by atoms with Crippen LogP contribution < -0.4 is 15.4 Å². The monoisotopic (exact) mass is 356 g/mol. The van der Waals surface area contributed by atoms with Crippen LogP contribution >= 0.6 is 0 Å². The topological polar surface area (TPSA) is 76.1 Å². The lowest BCUT2D eigenvalue weighted by molar-refractivity contribution is 0.0947. The molecule has 0 saturated carbocycles. The van der Waals surface area contributed by atoms with E-state index in [0.717, 1.165) is 30.7 Å². The van der Waals surface area contributed by atoms with Crippen molar-refractivity contribution >= 4 is 17.4 Å². The maximum absolute atomic E-state index is 12.3. The first-order chi connectivity index (χ1) is 12.5. The van der Waals surface area contributed by atoms with Gasteiger partial charge in [0, 0.05) is 18.3 Å². The Morgan fingerprint density at radius 1 is 1.15 bits per heavy atom. The molecule has 1 aromatic carbocycles. The minimum absolute atomic E-state index is 0.136. The molecule has 6 nitrogen and oxygen atoms in total. The van der Waals surface area contributed by atoms with E-state index in [-0.39, 0.29) is 12.0 Å². The van der Waals surface area contributed by atoms with E-state index in [1.165, 1.54) is 0 Å². The molecule has 0 spiro atoms. The van der Waals surface area contributed by atoms with Gasteiger partial charge in [0.15, 0.2) is 0 Å². The number of benzene rings is 1. The van der Waals surface area contributed by atoms with E-state index >= 15 is 0 Å². The summed E-state index contributed by atoms with van der Waals surface area (Å²) in [6.07, 6.45) is 3.34. The molecule has 0 atom stereocenters. The highest BCUT2D eigenvalue weighted by Crippen LogP contribution is 2.20. The minimum Gasteiger partial charge on any atom is -0.491 e. The van der Waals surface area contributed by atoms with Gasteiger partial charge in [-0.2, -0.15) is 0 Å². The first kappa shape index (κ1) is 19.7. The van der Waals surface area contributed by atoms with Gasteiger partial charge >= 0.3 is 0 Å². The van der Waals surface area contributed by atoms with Crippen molar-refractivity contribution in [3.8, 4) is 5.75 Å². The Morgan fingerprint density at radius 3 is 2.54 bits per heavy atom. The van der Waals surface area contributed by atoms with Crippen molar-refractivity contribution in [3.63, 3.8) is 0 Å². The fraction of sp³-hybridized carbons (Fsp3) is 0.450. The summed E-state index contributed by atoms with van der Waals surface area (Å²) in [5, 5.41) is 6.11. The lowest BCUT2D eigenvalue weighted by Gasteiger charge is -2.12. The molecule has 26 heavy (non-hydrogen) atoms. The van der Waals surface area contributed by atoms with Gasteiger partial charge in [-0.3, -0.25) is 4.79 Å². The van der Waals surface area contributed by atoms with Gasteiger partial charge in [-0.05, 0) is 51.5 Å². The summed E-state index contributed by atoms with van der Waals surface area (Å²) < 4.78 is 5.64. The molecular weight excluding hydrogens is 328 g/mol. The van der Waals surface area contributed by atoms with Gasteiger partial charge in [0.2, 0.25) is 0 Å². The highest BCUT2D eigenvalue weighted by Gasteiger charge is 2.10. The zero-order valence-corrected chi connectivity index (χ0v) is 16.0. The number of hydrogen-bond acceptors (Lipinski definition) is 5. The molecule has 2 aromatic rings. The molecule has 140 valence electrons. The average Bonchev–Trinajstić information content (AvgIpc) is 2.59. The Balaban J connectivity index is 2.03. The van der Waals surface area contributed by atoms with Gasteiger partial charge in [0.05, 0.1) is 6.10 Å². The summed E-state index contributed by atoms with van der Waals surface area (Å²) in [4.78, 5) is 20.9. The first-order valence-electron chi connectivity index (χ1n) is 9.15. The van der Waals surface area contributed by atoms with Gasteiger partial charge in [0.1, 0.15) is 23.1 Å². The van der Waals surface area contributed by atoms with Crippen LogP contribution in [0.2, 0.25) is 0 Å². The van der Waals surface area contributed by atoms with Crippen molar-refractivity contribution in [2.75, 3.05) is 11.9 Å². The number of nitrogens with zero attached hydrogens (tertiary/aromatic N) is 2. The van der Waals surface area contributed by atoms with Crippen LogP contribution in [0.25, 0.3) is 0 Å².